The van der Waals surface area contributed by atoms with Gasteiger partial charge in [0.15, 0.2) is 0 Å². The lowest BCUT2D eigenvalue weighted by Gasteiger charge is -2.39. The van der Waals surface area contributed by atoms with E-state index in [0.717, 1.165) is 9.99 Å². The summed E-state index contributed by atoms with van der Waals surface area (Å²) >= 11 is 8.43. The number of amides is 2. The van der Waals surface area contributed by atoms with Crippen molar-refractivity contribution < 1.29 is 9.59 Å². The minimum Gasteiger partial charge on any atom is -0.342 e. The summed E-state index contributed by atoms with van der Waals surface area (Å²) in [4.78, 5) is 26.5. The second kappa shape index (κ2) is 6.52. The topological polar surface area (TPSA) is 49.4 Å². The van der Waals surface area contributed by atoms with Gasteiger partial charge in [-0.05, 0) is 53.6 Å². The van der Waals surface area contributed by atoms with E-state index in [1.807, 2.05) is 19.9 Å². The quantitative estimate of drug-likeness (QED) is 0.764. The fraction of sp³-hybridized carbons (Fsp3) is 0.467. The molecule has 0 bridgehead atoms. The van der Waals surface area contributed by atoms with Gasteiger partial charge in [-0.25, -0.2) is 0 Å². The molecule has 1 aliphatic rings. The van der Waals surface area contributed by atoms with E-state index in [-0.39, 0.29) is 17.7 Å². The standard InChI is InChI=1S/C15H18ClIN2O2/c1-4-8(2)13-15(21)19(9(3)14(20)18-13)12-6-5-10(17)7-11(12)16/h5-9,13H,4H2,1-3H3,(H,18,20). The van der Waals surface area contributed by atoms with Crippen molar-refractivity contribution in [3.63, 3.8) is 0 Å². The molecule has 1 N–H and O–H groups in total. The Morgan fingerprint density at radius 1 is 1.43 bits per heavy atom. The average Bonchev–Trinajstić information content (AvgIpc) is 2.44. The molecular formula is C15H18ClIN2O2. The first kappa shape index (κ1) is 16.5. The minimum absolute atomic E-state index is 0.0825. The van der Waals surface area contributed by atoms with Crippen molar-refractivity contribution in [1.29, 1.82) is 0 Å². The van der Waals surface area contributed by atoms with Crippen molar-refractivity contribution in [1.82, 2.24) is 5.32 Å². The summed E-state index contributed by atoms with van der Waals surface area (Å²) in [6.45, 7) is 5.69. The second-order valence-electron chi connectivity index (χ2n) is 5.35. The summed E-state index contributed by atoms with van der Waals surface area (Å²) < 4.78 is 0.987. The average molecular weight is 421 g/mol. The van der Waals surface area contributed by atoms with Gasteiger partial charge in [0.2, 0.25) is 5.91 Å². The van der Waals surface area contributed by atoms with Crippen LogP contribution in [0.5, 0.6) is 0 Å². The van der Waals surface area contributed by atoms with Crippen molar-refractivity contribution in [2.45, 2.75) is 39.3 Å². The van der Waals surface area contributed by atoms with Crippen molar-refractivity contribution in [3.05, 3.63) is 26.8 Å². The van der Waals surface area contributed by atoms with Gasteiger partial charge < -0.3 is 5.32 Å². The summed E-state index contributed by atoms with van der Waals surface area (Å²) in [6.07, 6.45) is 0.819. The molecule has 21 heavy (non-hydrogen) atoms. The maximum Gasteiger partial charge on any atom is 0.250 e. The Kier molecular flexibility index (Phi) is 5.14. The van der Waals surface area contributed by atoms with E-state index in [1.165, 1.54) is 4.90 Å². The fourth-order valence-electron chi connectivity index (χ4n) is 2.42. The second-order valence-corrected chi connectivity index (χ2v) is 7.00. The Morgan fingerprint density at radius 2 is 2.10 bits per heavy atom. The van der Waals surface area contributed by atoms with Crippen LogP contribution in [0.1, 0.15) is 27.2 Å². The summed E-state index contributed by atoms with van der Waals surface area (Å²) in [5.41, 5.74) is 0.595. The Bertz CT molecular complexity index is 579. The molecule has 2 rings (SSSR count). The van der Waals surface area contributed by atoms with Crippen LogP contribution in [0.4, 0.5) is 5.69 Å². The number of halogens is 2. The molecule has 0 spiro atoms. The van der Waals surface area contributed by atoms with Crippen LogP contribution in [0.15, 0.2) is 18.2 Å². The number of anilines is 1. The first-order valence-electron chi connectivity index (χ1n) is 6.95. The van der Waals surface area contributed by atoms with Crippen LogP contribution in [0, 0.1) is 9.49 Å². The summed E-state index contributed by atoms with van der Waals surface area (Å²) in [6, 6.07) is 4.42. The molecular weight excluding hydrogens is 403 g/mol. The monoisotopic (exact) mass is 420 g/mol. The zero-order chi connectivity index (χ0) is 15.7. The number of nitrogens with zero attached hydrogens (tertiary/aromatic N) is 1. The van der Waals surface area contributed by atoms with Gasteiger partial charge in [-0.2, -0.15) is 0 Å². The molecule has 1 fully saturated rings. The van der Waals surface area contributed by atoms with Gasteiger partial charge in [0, 0.05) is 3.57 Å². The first-order chi connectivity index (χ1) is 9.86. The maximum atomic E-state index is 12.8. The molecule has 0 radical (unpaired) electrons. The molecule has 0 aliphatic carbocycles. The van der Waals surface area contributed by atoms with Crippen LogP contribution in [-0.2, 0) is 9.59 Å². The van der Waals surface area contributed by atoms with E-state index in [4.69, 9.17) is 11.6 Å². The summed E-state index contributed by atoms with van der Waals surface area (Å²) in [7, 11) is 0. The van der Waals surface area contributed by atoms with Gasteiger partial charge in [-0.1, -0.05) is 31.9 Å². The minimum atomic E-state index is -0.560. The van der Waals surface area contributed by atoms with E-state index >= 15 is 0 Å². The Balaban J connectivity index is 2.43. The molecule has 0 aromatic heterocycles. The SMILES string of the molecule is CCC(C)C1NC(=O)C(C)N(c2ccc(I)cc2Cl)C1=O. The van der Waals surface area contributed by atoms with Gasteiger partial charge in [-0.3, -0.25) is 14.5 Å². The molecule has 4 nitrogen and oxygen atoms in total. The van der Waals surface area contributed by atoms with Gasteiger partial charge >= 0.3 is 0 Å². The maximum absolute atomic E-state index is 12.8. The molecule has 6 heteroatoms. The first-order valence-corrected chi connectivity index (χ1v) is 8.41. The molecule has 1 aliphatic heterocycles. The zero-order valence-corrected chi connectivity index (χ0v) is 15.1. The highest BCUT2D eigenvalue weighted by molar-refractivity contribution is 14.1. The van der Waals surface area contributed by atoms with Gasteiger partial charge in [-0.15, -0.1) is 0 Å². The Hall–Kier alpha value is -0.820. The lowest BCUT2D eigenvalue weighted by molar-refractivity contribution is -0.134. The zero-order valence-electron chi connectivity index (χ0n) is 12.2. The molecule has 1 heterocycles. The van der Waals surface area contributed by atoms with Crippen molar-refractivity contribution in [2.24, 2.45) is 5.92 Å². The number of hydrogen-bond donors (Lipinski definition) is 1. The highest BCUT2D eigenvalue weighted by Crippen LogP contribution is 2.32. The third kappa shape index (κ3) is 3.18. The number of piperazine rings is 1. The molecule has 3 atom stereocenters. The third-order valence-electron chi connectivity index (χ3n) is 3.95. The number of carbonyl (C=O) groups is 2. The largest absolute Gasteiger partial charge is 0.342 e. The molecule has 0 saturated carbocycles. The lowest BCUT2D eigenvalue weighted by atomic mass is 9.94. The number of carbonyl (C=O) groups excluding carboxylic acids is 2. The van der Waals surface area contributed by atoms with Crippen molar-refractivity contribution in [2.75, 3.05) is 4.90 Å². The van der Waals surface area contributed by atoms with Crippen molar-refractivity contribution >= 4 is 51.7 Å². The lowest BCUT2D eigenvalue weighted by Crippen LogP contribution is -2.64. The van der Waals surface area contributed by atoms with E-state index in [9.17, 15) is 9.59 Å². The highest BCUT2D eigenvalue weighted by Gasteiger charge is 2.41. The van der Waals surface area contributed by atoms with E-state index in [2.05, 4.69) is 27.9 Å². The third-order valence-corrected chi connectivity index (χ3v) is 4.92. The van der Waals surface area contributed by atoms with Gasteiger partial charge in [0.05, 0.1) is 10.7 Å². The molecule has 1 saturated heterocycles. The van der Waals surface area contributed by atoms with Crippen molar-refractivity contribution in [3.8, 4) is 0 Å². The molecule has 2 amide bonds. The predicted octanol–water partition coefficient (Wildman–Crippen LogP) is 3.21. The smallest absolute Gasteiger partial charge is 0.250 e. The van der Waals surface area contributed by atoms with Crippen LogP contribution in [0.2, 0.25) is 5.02 Å². The molecule has 1 aromatic carbocycles. The summed E-state index contributed by atoms with van der Waals surface area (Å²) in [5.74, 6) is -0.159. The number of nitrogens with one attached hydrogen (secondary N) is 1. The Morgan fingerprint density at radius 3 is 2.67 bits per heavy atom. The molecule has 3 unspecified atom stereocenters. The van der Waals surface area contributed by atoms with E-state index < -0.39 is 12.1 Å². The number of benzene rings is 1. The highest BCUT2D eigenvalue weighted by atomic mass is 127. The van der Waals surface area contributed by atoms with Gasteiger partial charge in [0.25, 0.3) is 5.91 Å². The van der Waals surface area contributed by atoms with E-state index in [1.54, 1.807) is 19.1 Å². The Labute approximate surface area is 143 Å². The number of hydrogen-bond acceptors (Lipinski definition) is 2. The van der Waals surface area contributed by atoms with Crippen LogP contribution in [0.25, 0.3) is 0 Å². The normalized spacial score (nSPS) is 24.0. The van der Waals surface area contributed by atoms with Crippen LogP contribution >= 0.6 is 34.2 Å². The fourth-order valence-corrected chi connectivity index (χ4v) is 3.37. The predicted molar refractivity (Wildman–Crippen MR) is 92.5 cm³/mol. The van der Waals surface area contributed by atoms with Crippen LogP contribution in [-0.4, -0.2) is 23.9 Å². The molecule has 1 aromatic rings. The number of rotatable bonds is 3. The molecule has 114 valence electrons. The van der Waals surface area contributed by atoms with Crippen LogP contribution < -0.4 is 10.2 Å². The van der Waals surface area contributed by atoms with E-state index in [0.29, 0.717) is 10.7 Å². The van der Waals surface area contributed by atoms with Crippen LogP contribution in [0.3, 0.4) is 0 Å². The summed E-state index contributed by atoms with van der Waals surface area (Å²) in [5, 5.41) is 3.31. The van der Waals surface area contributed by atoms with Gasteiger partial charge in [0.1, 0.15) is 12.1 Å².